The van der Waals surface area contributed by atoms with E-state index in [9.17, 15) is 9.59 Å². The maximum Gasteiger partial charge on any atom is 0.336 e. The lowest BCUT2D eigenvalue weighted by atomic mass is 10.1. The number of carbonyl (C=O) groups excluding carboxylic acids is 1. The number of hydrogen-bond acceptors (Lipinski definition) is 3. The maximum absolute atomic E-state index is 12.2. The van der Waals surface area contributed by atoms with Gasteiger partial charge in [-0.05, 0) is 31.2 Å². The number of aromatic carboxylic acids is 1. The molecule has 2 aromatic rings. The largest absolute Gasteiger partial charge is 0.478 e. The molecule has 0 bridgehead atoms. The summed E-state index contributed by atoms with van der Waals surface area (Å²) in [6.45, 7) is 1.80. The van der Waals surface area contributed by atoms with Crippen molar-refractivity contribution in [3.63, 3.8) is 0 Å². The molecule has 5 heteroatoms. The number of rotatable bonds is 4. The van der Waals surface area contributed by atoms with Crippen molar-refractivity contribution in [1.82, 2.24) is 10.3 Å². The second-order valence-corrected chi connectivity index (χ2v) is 4.30. The molecule has 1 amide bonds. The lowest BCUT2D eigenvalue weighted by Gasteiger charge is -2.14. The Kier molecular flexibility index (Phi) is 4.10. The Hall–Kier alpha value is -2.69. The van der Waals surface area contributed by atoms with E-state index >= 15 is 0 Å². The number of carboxylic acids is 1. The van der Waals surface area contributed by atoms with Gasteiger partial charge in [0, 0.05) is 6.20 Å². The number of nitrogens with zero attached hydrogens (tertiary/aromatic N) is 1. The zero-order chi connectivity index (χ0) is 14.5. The predicted octanol–water partition coefficient (Wildman–Crippen LogP) is 2.27. The van der Waals surface area contributed by atoms with Crippen LogP contribution in [0.5, 0.6) is 0 Å². The minimum Gasteiger partial charge on any atom is -0.478 e. The molecule has 1 unspecified atom stereocenters. The lowest BCUT2D eigenvalue weighted by molar-refractivity contribution is 0.0690. The summed E-state index contributed by atoms with van der Waals surface area (Å²) in [6.07, 6.45) is 1.64. The van der Waals surface area contributed by atoms with Gasteiger partial charge in [0.25, 0.3) is 5.91 Å². The SMILES string of the molecule is CC(NC(=O)c1ccccc1C(=O)O)c1ccccn1. The van der Waals surface area contributed by atoms with Crippen LogP contribution in [-0.2, 0) is 0 Å². The number of hydrogen-bond donors (Lipinski definition) is 2. The van der Waals surface area contributed by atoms with Crippen molar-refractivity contribution in [1.29, 1.82) is 0 Å². The second-order valence-electron chi connectivity index (χ2n) is 4.30. The molecule has 0 radical (unpaired) electrons. The van der Waals surface area contributed by atoms with E-state index in [2.05, 4.69) is 10.3 Å². The highest BCUT2D eigenvalue weighted by Crippen LogP contribution is 2.13. The van der Waals surface area contributed by atoms with Gasteiger partial charge in [-0.2, -0.15) is 0 Å². The first kappa shape index (κ1) is 13.7. The predicted molar refractivity (Wildman–Crippen MR) is 73.5 cm³/mol. The Labute approximate surface area is 116 Å². The first-order valence-electron chi connectivity index (χ1n) is 6.13. The molecule has 0 aliphatic carbocycles. The molecule has 0 aliphatic rings. The second kappa shape index (κ2) is 5.97. The summed E-state index contributed by atoms with van der Waals surface area (Å²) in [7, 11) is 0. The highest BCUT2D eigenvalue weighted by atomic mass is 16.4. The summed E-state index contributed by atoms with van der Waals surface area (Å²) in [4.78, 5) is 27.4. The minimum atomic E-state index is -1.12. The van der Waals surface area contributed by atoms with Gasteiger partial charge in [-0.3, -0.25) is 9.78 Å². The van der Waals surface area contributed by atoms with E-state index in [1.54, 1.807) is 37.4 Å². The standard InChI is InChI=1S/C15H14N2O3/c1-10(13-8-4-5-9-16-13)17-14(18)11-6-2-3-7-12(11)15(19)20/h2-10H,1H3,(H,17,18)(H,19,20). The molecule has 102 valence electrons. The van der Waals surface area contributed by atoms with Crippen molar-refractivity contribution >= 4 is 11.9 Å². The third kappa shape index (κ3) is 3.00. The van der Waals surface area contributed by atoms with Crippen molar-refractivity contribution in [3.05, 3.63) is 65.5 Å². The summed E-state index contributed by atoms with van der Waals surface area (Å²) in [5.41, 5.74) is 0.842. The molecule has 5 nitrogen and oxygen atoms in total. The number of benzene rings is 1. The Morgan fingerprint density at radius 1 is 1.10 bits per heavy atom. The molecule has 0 aliphatic heterocycles. The zero-order valence-electron chi connectivity index (χ0n) is 10.9. The van der Waals surface area contributed by atoms with Gasteiger partial charge < -0.3 is 10.4 Å². The Balaban J connectivity index is 2.19. The number of amides is 1. The van der Waals surface area contributed by atoms with Crippen LogP contribution in [-0.4, -0.2) is 22.0 Å². The monoisotopic (exact) mass is 270 g/mol. The average molecular weight is 270 g/mol. The highest BCUT2D eigenvalue weighted by molar-refractivity contribution is 6.04. The molecule has 2 N–H and O–H groups in total. The van der Waals surface area contributed by atoms with E-state index in [0.29, 0.717) is 5.69 Å². The first-order chi connectivity index (χ1) is 9.59. The third-order valence-electron chi connectivity index (χ3n) is 2.88. The van der Waals surface area contributed by atoms with E-state index in [-0.39, 0.29) is 17.2 Å². The number of carboxylic acid groups (broad SMARTS) is 1. The molecular formula is C15H14N2O3. The van der Waals surface area contributed by atoms with Crippen molar-refractivity contribution < 1.29 is 14.7 Å². The number of aromatic nitrogens is 1. The van der Waals surface area contributed by atoms with Gasteiger partial charge in [-0.25, -0.2) is 4.79 Å². The molecule has 1 atom stereocenters. The molecule has 1 heterocycles. The zero-order valence-corrected chi connectivity index (χ0v) is 10.9. The average Bonchev–Trinajstić information content (AvgIpc) is 2.48. The van der Waals surface area contributed by atoms with Crippen LogP contribution >= 0.6 is 0 Å². The molecule has 1 aromatic carbocycles. The van der Waals surface area contributed by atoms with Crippen LogP contribution in [0.1, 0.15) is 39.4 Å². The molecule has 2 rings (SSSR count). The minimum absolute atomic E-state index is 0.0155. The van der Waals surface area contributed by atoms with Gasteiger partial charge in [-0.1, -0.05) is 18.2 Å². The van der Waals surface area contributed by atoms with Gasteiger partial charge in [0.2, 0.25) is 0 Å². The van der Waals surface area contributed by atoms with Crippen LogP contribution in [0.15, 0.2) is 48.7 Å². The summed E-state index contributed by atoms with van der Waals surface area (Å²) in [5, 5.41) is 11.8. The van der Waals surface area contributed by atoms with E-state index < -0.39 is 11.9 Å². The molecular weight excluding hydrogens is 256 g/mol. The van der Waals surface area contributed by atoms with E-state index in [4.69, 9.17) is 5.11 Å². The van der Waals surface area contributed by atoms with Crippen LogP contribution in [0.25, 0.3) is 0 Å². The van der Waals surface area contributed by atoms with Gasteiger partial charge >= 0.3 is 5.97 Å². The van der Waals surface area contributed by atoms with Gasteiger partial charge in [-0.15, -0.1) is 0 Å². The number of nitrogens with one attached hydrogen (secondary N) is 1. The quantitative estimate of drug-likeness (QED) is 0.893. The molecule has 0 saturated heterocycles. The normalized spacial score (nSPS) is 11.7. The van der Waals surface area contributed by atoms with Crippen LogP contribution in [0.4, 0.5) is 0 Å². The molecule has 0 fully saturated rings. The van der Waals surface area contributed by atoms with Crippen LogP contribution in [0.2, 0.25) is 0 Å². The Morgan fingerprint density at radius 2 is 1.75 bits per heavy atom. The lowest BCUT2D eigenvalue weighted by Crippen LogP contribution is -2.28. The first-order valence-corrected chi connectivity index (χ1v) is 6.13. The summed E-state index contributed by atoms with van der Waals surface area (Å²) in [5.74, 6) is -1.55. The Morgan fingerprint density at radius 3 is 2.35 bits per heavy atom. The fourth-order valence-electron chi connectivity index (χ4n) is 1.85. The number of pyridine rings is 1. The molecule has 0 spiro atoms. The highest BCUT2D eigenvalue weighted by Gasteiger charge is 2.18. The van der Waals surface area contributed by atoms with E-state index in [0.717, 1.165) is 0 Å². The third-order valence-corrected chi connectivity index (χ3v) is 2.88. The fourth-order valence-corrected chi connectivity index (χ4v) is 1.85. The van der Waals surface area contributed by atoms with Crippen molar-refractivity contribution in [2.24, 2.45) is 0 Å². The van der Waals surface area contributed by atoms with Crippen molar-refractivity contribution in [2.45, 2.75) is 13.0 Å². The van der Waals surface area contributed by atoms with Crippen LogP contribution in [0.3, 0.4) is 0 Å². The van der Waals surface area contributed by atoms with E-state index in [1.165, 1.54) is 12.1 Å². The number of carbonyl (C=O) groups is 2. The van der Waals surface area contributed by atoms with Gasteiger partial charge in [0.05, 0.1) is 22.9 Å². The summed E-state index contributed by atoms with van der Waals surface area (Å²) in [6, 6.07) is 11.2. The fraction of sp³-hybridized carbons (Fsp3) is 0.133. The molecule has 0 saturated carbocycles. The van der Waals surface area contributed by atoms with Crippen LogP contribution < -0.4 is 5.32 Å². The Bertz CT molecular complexity index is 626. The van der Waals surface area contributed by atoms with Gasteiger partial charge in [0.1, 0.15) is 0 Å². The van der Waals surface area contributed by atoms with Crippen molar-refractivity contribution in [2.75, 3.05) is 0 Å². The maximum atomic E-state index is 12.2. The molecule has 1 aromatic heterocycles. The van der Waals surface area contributed by atoms with Crippen molar-refractivity contribution in [3.8, 4) is 0 Å². The summed E-state index contributed by atoms with van der Waals surface area (Å²) < 4.78 is 0. The van der Waals surface area contributed by atoms with Crippen LogP contribution in [0, 0.1) is 0 Å². The van der Waals surface area contributed by atoms with Gasteiger partial charge in [0.15, 0.2) is 0 Å². The topological polar surface area (TPSA) is 79.3 Å². The summed E-state index contributed by atoms with van der Waals surface area (Å²) >= 11 is 0. The molecule has 20 heavy (non-hydrogen) atoms. The van der Waals surface area contributed by atoms with E-state index in [1.807, 2.05) is 6.07 Å². The smallest absolute Gasteiger partial charge is 0.336 e.